The summed E-state index contributed by atoms with van der Waals surface area (Å²) in [5.41, 5.74) is 1.39. The topological polar surface area (TPSA) is 91.6 Å². The van der Waals surface area contributed by atoms with Gasteiger partial charge in [-0.05, 0) is 31.2 Å². The zero-order valence-corrected chi connectivity index (χ0v) is 15.7. The number of aliphatic hydroxyl groups is 1. The molecule has 1 aromatic heterocycles. The van der Waals surface area contributed by atoms with Crippen molar-refractivity contribution in [1.29, 1.82) is 0 Å². The molecule has 3 N–H and O–H groups in total. The zero-order chi connectivity index (χ0) is 19.4. The van der Waals surface area contributed by atoms with Gasteiger partial charge in [0.15, 0.2) is 5.76 Å². The summed E-state index contributed by atoms with van der Waals surface area (Å²) in [6, 6.07) is 11.3. The fourth-order valence-corrected chi connectivity index (χ4v) is 3.52. The van der Waals surface area contributed by atoms with Gasteiger partial charge in [-0.2, -0.15) is 0 Å². The predicted octanol–water partition coefficient (Wildman–Crippen LogP) is 2.82. The lowest BCUT2D eigenvalue weighted by Gasteiger charge is -2.26. The largest absolute Gasteiger partial charge is 0.454 e. The van der Waals surface area contributed by atoms with Crippen LogP contribution in [0.5, 0.6) is 0 Å². The van der Waals surface area contributed by atoms with Crippen molar-refractivity contribution in [3.05, 3.63) is 59.0 Å². The van der Waals surface area contributed by atoms with Crippen LogP contribution in [0, 0.1) is 0 Å². The van der Waals surface area contributed by atoms with Crippen LogP contribution in [-0.4, -0.2) is 36.1 Å². The highest BCUT2D eigenvalue weighted by atomic mass is 16.4. The normalized spacial score (nSPS) is 20.7. The number of benzene rings is 1. The molecule has 27 heavy (non-hydrogen) atoms. The number of nitrogens with one attached hydrogen (secondary N) is 2. The Morgan fingerprint density at radius 2 is 1.78 bits per heavy atom. The second-order valence-electron chi connectivity index (χ2n) is 7.08. The van der Waals surface area contributed by atoms with E-state index in [1.165, 1.54) is 13.1 Å². The molecule has 2 amide bonds. The summed E-state index contributed by atoms with van der Waals surface area (Å²) in [7, 11) is 1.53. The number of hydrogen-bond donors (Lipinski definition) is 3. The molecule has 1 atom stereocenters. The molecule has 0 unspecified atom stereocenters. The number of carbonyl (C=O) groups is 2. The van der Waals surface area contributed by atoms with Gasteiger partial charge in [0.2, 0.25) is 0 Å². The highest BCUT2D eigenvalue weighted by Gasteiger charge is 2.28. The van der Waals surface area contributed by atoms with Crippen LogP contribution in [0.4, 0.5) is 0 Å². The summed E-state index contributed by atoms with van der Waals surface area (Å²) in [6.07, 6.45) is 2.59. The van der Waals surface area contributed by atoms with E-state index >= 15 is 0 Å². The fourth-order valence-electron chi connectivity index (χ4n) is 3.52. The van der Waals surface area contributed by atoms with Gasteiger partial charge in [0.25, 0.3) is 11.8 Å². The van der Waals surface area contributed by atoms with Crippen molar-refractivity contribution in [3.8, 4) is 0 Å². The highest BCUT2D eigenvalue weighted by molar-refractivity contribution is 5.99. The van der Waals surface area contributed by atoms with E-state index in [0.717, 1.165) is 18.4 Å². The Morgan fingerprint density at radius 3 is 2.41 bits per heavy atom. The van der Waals surface area contributed by atoms with Gasteiger partial charge in [0.05, 0.1) is 11.7 Å². The molecule has 144 valence electrons. The van der Waals surface area contributed by atoms with Crippen LogP contribution in [0.1, 0.15) is 70.8 Å². The molecule has 1 heterocycles. The molecule has 1 fully saturated rings. The van der Waals surface area contributed by atoms with Gasteiger partial charge in [-0.25, -0.2) is 0 Å². The standard InChI is InChI=1S/C21H26N2O4/c1-13(14-6-4-3-5-7-14)19-17(12-18(27-19)21(26)22-2)20(25)23-15-8-10-16(24)11-9-15/h3-7,12-13,15-16,24H,8-11H2,1-2H3,(H,22,26)(H,23,25)/t13-,15-,16-/m1/s1. The van der Waals surface area contributed by atoms with Crippen molar-refractivity contribution >= 4 is 11.8 Å². The van der Waals surface area contributed by atoms with Crippen molar-refractivity contribution in [2.24, 2.45) is 0 Å². The smallest absolute Gasteiger partial charge is 0.286 e. The maximum absolute atomic E-state index is 12.9. The van der Waals surface area contributed by atoms with Crippen molar-refractivity contribution in [2.75, 3.05) is 7.05 Å². The average Bonchev–Trinajstić information content (AvgIpc) is 3.15. The Bertz CT molecular complexity index is 792. The Balaban J connectivity index is 1.87. The van der Waals surface area contributed by atoms with Gasteiger partial charge in [-0.15, -0.1) is 0 Å². The van der Waals surface area contributed by atoms with E-state index in [9.17, 15) is 14.7 Å². The van der Waals surface area contributed by atoms with E-state index in [0.29, 0.717) is 24.2 Å². The Kier molecular flexibility index (Phi) is 5.96. The van der Waals surface area contributed by atoms with Gasteiger partial charge >= 0.3 is 0 Å². The van der Waals surface area contributed by atoms with E-state index in [2.05, 4.69) is 10.6 Å². The van der Waals surface area contributed by atoms with E-state index in [4.69, 9.17) is 4.42 Å². The maximum atomic E-state index is 12.9. The minimum absolute atomic E-state index is 0.0270. The van der Waals surface area contributed by atoms with E-state index in [-0.39, 0.29) is 35.6 Å². The van der Waals surface area contributed by atoms with Gasteiger partial charge in [0, 0.05) is 25.1 Å². The van der Waals surface area contributed by atoms with Gasteiger partial charge in [-0.3, -0.25) is 9.59 Å². The third kappa shape index (κ3) is 4.39. The van der Waals surface area contributed by atoms with Crippen LogP contribution in [0.15, 0.2) is 40.8 Å². The van der Waals surface area contributed by atoms with E-state index in [1.807, 2.05) is 37.3 Å². The van der Waals surface area contributed by atoms with E-state index < -0.39 is 0 Å². The fraction of sp³-hybridized carbons (Fsp3) is 0.429. The first-order valence-corrected chi connectivity index (χ1v) is 9.39. The minimum atomic E-state index is -0.364. The number of hydrogen-bond acceptors (Lipinski definition) is 4. The third-order valence-corrected chi connectivity index (χ3v) is 5.18. The highest BCUT2D eigenvalue weighted by Crippen LogP contribution is 2.30. The lowest BCUT2D eigenvalue weighted by molar-refractivity contribution is 0.0864. The molecular weight excluding hydrogens is 344 g/mol. The quantitative estimate of drug-likeness (QED) is 0.755. The Hall–Kier alpha value is -2.60. The monoisotopic (exact) mass is 370 g/mol. The predicted molar refractivity (Wildman–Crippen MR) is 102 cm³/mol. The van der Waals surface area contributed by atoms with Gasteiger partial charge < -0.3 is 20.2 Å². The molecule has 2 aromatic rings. The second-order valence-corrected chi connectivity index (χ2v) is 7.08. The summed E-state index contributed by atoms with van der Waals surface area (Å²) in [4.78, 5) is 24.9. The summed E-state index contributed by atoms with van der Waals surface area (Å²) >= 11 is 0. The summed E-state index contributed by atoms with van der Waals surface area (Å²) in [5, 5.41) is 15.2. The van der Waals surface area contributed by atoms with Crippen LogP contribution in [0.25, 0.3) is 0 Å². The molecule has 3 rings (SSSR count). The summed E-state index contributed by atoms with van der Waals surface area (Å²) in [6.45, 7) is 1.95. The molecule has 0 radical (unpaired) electrons. The van der Waals surface area contributed by atoms with Crippen LogP contribution in [-0.2, 0) is 0 Å². The molecule has 0 saturated heterocycles. The summed E-state index contributed by atoms with van der Waals surface area (Å²) < 4.78 is 5.80. The third-order valence-electron chi connectivity index (χ3n) is 5.18. The molecule has 0 spiro atoms. The van der Waals surface area contributed by atoms with Crippen molar-refractivity contribution < 1.29 is 19.1 Å². The van der Waals surface area contributed by atoms with Crippen molar-refractivity contribution in [2.45, 2.75) is 50.7 Å². The van der Waals surface area contributed by atoms with Gasteiger partial charge in [-0.1, -0.05) is 37.3 Å². The molecule has 0 bridgehead atoms. The van der Waals surface area contributed by atoms with Crippen LogP contribution < -0.4 is 10.6 Å². The Labute approximate surface area is 159 Å². The first kappa shape index (κ1) is 19.2. The van der Waals surface area contributed by atoms with Crippen LogP contribution in [0.3, 0.4) is 0 Å². The van der Waals surface area contributed by atoms with Crippen molar-refractivity contribution in [1.82, 2.24) is 10.6 Å². The first-order chi connectivity index (χ1) is 13.0. The molecule has 1 aliphatic carbocycles. The lowest BCUT2D eigenvalue weighted by atomic mass is 9.92. The number of carbonyl (C=O) groups excluding carboxylic acids is 2. The van der Waals surface area contributed by atoms with Gasteiger partial charge in [0.1, 0.15) is 5.76 Å². The molecule has 1 aliphatic rings. The van der Waals surface area contributed by atoms with E-state index in [1.54, 1.807) is 0 Å². The van der Waals surface area contributed by atoms with Crippen LogP contribution in [0.2, 0.25) is 0 Å². The Morgan fingerprint density at radius 1 is 1.11 bits per heavy atom. The molecule has 0 aliphatic heterocycles. The number of furan rings is 1. The SMILES string of the molecule is CNC(=O)c1cc(C(=O)N[C@H]2CC[C@H](O)CC2)c([C@H](C)c2ccccc2)o1. The maximum Gasteiger partial charge on any atom is 0.286 e. The average molecular weight is 370 g/mol. The minimum Gasteiger partial charge on any atom is -0.454 e. The zero-order valence-electron chi connectivity index (χ0n) is 15.7. The molecular formula is C21H26N2O4. The first-order valence-electron chi connectivity index (χ1n) is 9.39. The number of aliphatic hydroxyl groups excluding tert-OH is 1. The molecule has 6 nitrogen and oxygen atoms in total. The molecule has 1 aromatic carbocycles. The van der Waals surface area contributed by atoms with Crippen LogP contribution >= 0.6 is 0 Å². The molecule has 6 heteroatoms. The molecule has 1 saturated carbocycles. The second kappa shape index (κ2) is 8.39. The number of amides is 2. The number of rotatable bonds is 5. The summed E-state index contributed by atoms with van der Waals surface area (Å²) in [5.74, 6) is -0.171. The lowest BCUT2D eigenvalue weighted by Crippen LogP contribution is -2.38. The van der Waals surface area contributed by atoms with Crippen molar-refractivity contribution in [3.63, 3.8) is 0 Å².